The molecule has 146 valence electrons. The molecule has 28 heavy (non-hydrogen) atoms. The number of pyridine rings is 1. The van der Waals surface area contributed by atoms with Crippen LogP contribution in [0.15, 0.2) is 67.3 Å². The average molecular weight is 377 g/mol. The maximum Gasteiger partial charge on any atom is 0.134 e. The second kappa shape index (κ2) is 10.8. The van der Waals surface area contributed by atoms with Crippen molar-refractivity contribution in [1.82, 2.24) is 15.0 Å². The Morgan fingerprint density at radius 1 is 1.29 bits per heavy atom. The third-order valence-electron chi connectivity index (χ3n) is 4.29. The topological polar surface area (TPSA) is 103 Å². The third kappa shape index (κ3) is 4.92. The van der Waals surface area contributed by atoms with Gasteiger partial charge in [0.25, 0.3) is 0 Å². The molecule has 2 aromatic rings. The zero-order chi connectivity index (χ0) is 20.4. The maximum absolute atomic E-state index is 5.88. The van der Waals surface area contributed by atoms with Gasteiger partial charge in [-0.2, -0.15) is 0 Å². The number of aromatic nitrogens is 3. The van der Waals surface area contributed by atoms with E-state index in [-0.39, 0.29) is 0 Å². The molecule has 1 aliphatic rings. The first-order chi connectivity index (χ1) is 13.7. The van der Waals surface area contributed by atoms with Gasteiger partial charge >= 0.3 is 0 Å². The molecule has 3 rings (SSSR count). The van der Waals surface area contributed by atoms with Gasteiger partial charge in [-0.25, -0.2) is 15.0 Å². The summed E-state index contributed by atoms with van der Waals surface area (Å²) in [5.41, 5.74) is 15.9. The Morgan fingerprint density at radius 3 is 2.86 bits per heavy atom. The van der Waals surface area contributed by atoms with Gasteiger partial charge in [0, 0.05) is 35.7 Å². The summed E-state index contributed by atoms with van der Waals surface area (Å²) >= 11 is 0. The van der Waals surface area contributed by atoms with Gasteiger partial charge in [-0.15, -0.1) is 0 Å². The molecule has 0 radical (unpaired) electrons. The third-order valence-corrected chi connectivity index (χ3v) is 4.29. The fourth-order valence-corrected chi connectivity index (χ4v) is 2.96. The first-order valence-corrected chi connectivity index (χ1v) is 9.25. The fourth-order valence-electron chi connectivity index (χ4n) is 2.96. The normalized spacial score (nSPS) is 13.1. The molecule has 0 aromatic carbocycles. The highest BCUT2D eigenvalue weighted by Gasteiger charge is 2.17. The predicted molar refractivity (Wildman–Crippen MR) is 117 cm³/mol. The predicted octanol–water partition coefficient (Wildman–Crippen LogP) is 3.52. The van der Waals surface area contributed by atoms with Gasteiger partial charge in [0.15, 0.2) is 0 Å². The molecule has 3 heterocycles. The van der Waals surface area contributed by atoms with Crippen molar-refractivity contribution in [2.24, 2.45) is 11.5 Å². The number of allylic oxidation sites excluding steroid dienone is 4. The van der Waals surface area contributed by atoms with Crippen LogP contribution in [0.3, 0.4) is 0 Å². The molecule has 0 aliphatic carbocycles. The number of fused-ring (bicyclic) bond motifs is 1. The van der Waals surface area contributed by atoms with Crippen molar-refractivity contribution in [1.29, 1.82) is 0 Å². The van der Waals surface area contributed by atoms with Crippen LogP contribution in [-0.4, -0.2) is 28.5 Å². The quantitative estimate of drug-likeness (QED) is 0.526. The van der Waals surface area contributed by atoms with Gasteiger partial charge in [-0.3, -0.25) is 0 Å². The zero-order valence-corrected chi connectivity index (χ0v) is 16.5. The first-order valence-electron chi connectivity index (χ1n) is 9.25. The molecule has 0 saturated carbocycles. The van der Waals surface area contributed by atoms with Crippen molar-refractivity contribution in [2.45, 2.75) is 19.8 Å². The molecule has 6 heteroatoms. The summed E-state index contributed by atoms with van der Waals surface area (Å²) in [5.74, 6) is 0.871. The first kappa shape index (κ1) is 21.1. The molecular weight excluding hydrogens is 348 g/mol. The summed E-state index contributed by atoms with van der Waals surface area (Å²) in [6.45, 7) is 6.90. The second-order valence-electron chi connectivity index (χ2n) is 5.98. The van der Waals surface area contributed by atoms with Crippen molar-refractivity contribution in [3.63, 3.8) is 0 Å². The van der Waals surface area contributed by atoms with Crippen molar-refractivity contribution < 1.29 is 0 Å². The highest BCUT2D eigenvalue weighted by molar-refractivity contribution is 5.87. The van der Waals surface area contributed by atoms with E-state index < -0.39 is 0 Å². The Morgan fingerprint density at radius 2 is 2.11 bits per heavy atom. The second-order valence-corrected chi connectivity index (χ2v) is 5.98. The molecule has 2 aromatic heterocycles. The molecule has 6 nitrogen and oxygen atoms in total. The van der Waals surface area contributed by atoms with Crippen molar-refractivity contribution in [2.75, 3.05) is 18.9 Å². The van der Waals surface area contributed by atoms with Gasteiger partial charge < -0.3 is 16.8 Å². The number of nitrogens with two attached hydrogens (primary N) is 2. The van der Waals surface area contributed by atoms with E-state index in [9.17, 15) is 0 Å². The lowest BCUT2D eigenvalue weighted by Gasteiger charge is -2.18. The minimum Gasteiger partial charge on any atom is -0.404 e. The van der Waals surface area contributed by atoms with Crippen LogP contribution in [0.1, 0.15) is 36.7 Å². The molecule has 0 bridgehead atoms. The van der Waals surface area contributed by atoms with Crippen LogP contribution >= 0.6 is 0 Å². The Balaban J connectivity index is 0.00000136. The van der Waals surface area contributed by atoms with E-state index >= 15 is 0 Å². The number of nitrogens with one attached hydrogen (secondary N) is 1. The van der Waals surface area contributed by atoms with Crippen LogP contribution in [0.25, 0.3) is 11.1 Å². The van der Waals surface area contributed by atoms with E-state index in [1.807, 2.05) is 31.2 Å². The number of hydrogen-bond donors (Lipinski definition) is 3. The Bertz CT molecular complexity index is 895. The molecule has 0 unspecified atom stereocenters. The smallest absolute Gasteiger partial charge is 0.134 e. The van der Waals surface area contributed by atoms with Crippen molar-refractivity contribution in [3.05, 3.63) is 84.3 Å². The zero-order valence-electron chi connectivity index (χ0n) is 16.5. The largest absolute Gasteiger partial charge is 0.404 e. The number of anilines is 1. The van der Waals surface area contributed by atoms with Crippen LogP contribution in [0.5, 0.6) is 0 Å². The summed E-state index contributed by atoms with van der Waals surface area (Å²) in [6.07, 6.45) is 13.0. The molecule has 1 aliphatic heterocycles. The monoisotopic (exact) mass is 376 g/mol. The molecule has 0 amide bonds. The lowest BCUT2D eigenvalue weighted by molar-refractivity contribution is 1.01. The molecule has 5 N–H and O–H groups in total. The molecule has 0 spiro atoms. The molecular formula is C22H28N6. The van der Waals surface area contributed by atoms with Gasteiger partial charge in [0.05, 0.1) is 11.4 Å². The highest BCUT2D eigenvalue weighted by Crippen LogP contribution is 2.31. The van der Waals surface area contributed by atoms with Gasteiger partial charge in [-0.1, -0.05) is 24.8 Å². The van der Waals surface area contributed by atoms with Gasteiger partial charge in [0.2, 0.25) is 0 Å². The highest BCUT2D eigenvalue weighted by atomic mass is 15.0. The lowest BCUT2D eigenvalue weighted by Crippen LogP contribution is -2.11. The number of rotatable bonds is 6. The van der Waals surface area contributed by atoms with Gasteiger partial charge in [0.1, 0.15) is 12.1 Å². The molecule has 0 atom stereocenters. The number of hydrogen-bond acceptors (Lipinski definition) is 6. The van der Waals surface area contributed by atoms with Crippen LogP contribution in [0, 0.1) is 0 Å². The van der Waals surface area contributed by atoms with E-state index in [0.717, 1.165) is 52.3 Å². The molecule has 0 saturated heterocycles. The SMILES string of the molecule is C=C(CC/C=C\C)/C(=C\N)c1cc(C2=CCNc3ncccc32)ncn1.CN. The van der Waals surface area contributed by atoms with Crippen LogP contribution < -0.4 is 16.8 Å². The summed E-state index contributed by atoms with van der Waals surface area (Å²) in [7, 11) is 1.50. The van der Waals surface area contributed by atoms with Gasteiger partial charge in [-0.05, 0) is 50.6 Å². The summed E-state index contributed by atoms with van der Waals surface area (Å²) in [4.78, 5) is 13.3. The van der Waals surface area contributed by atoms with Crippen LogP contribution in [-0.2, 0) is 0 Å². The summed E-state index contributed by atoms with van der Waals surface area (Å²) < 4.78 is 0. The lowest BCUT2D eigenvalue weighted by atomic mass is 9.96. The average Bonchev–Trinajstić information content (AvgIpc) is 2.76. The summed E-state index contributed by atoms with van der Waals surface area (Å²) in [5, 5.41) is 3.27. The summed E-state index contributed by atoms with van der Waals surface area (Å²) in [6, 6.07) is 5.93. The Hall–Kier alpha value is -3.25. The maximum atomic E-state index is 5.88. The fraction of sp³-hybridized carbons (Fsp3) is 0.227. The van der Waals surface area contributed by atoms with Crippen LogP contribution in [0.4, 0.5) is 5.82 Å². The van der Waals surface area contributed by atoms with Crippen LogP contribution in [0.2, 0.25) is 0 Å². The minimum atomic E-state index is 0.717. The molecule has 0 fully saturated rings. The van der Waals surface area contributed by atoms with E-state index in [4.69, 9.17) is 5.73 Å². The standard InChI is InChI=1S/C21H23N5.CH5N/c1-3-4-5-7-15(2)18(13-22)20-12-19(25-14-26-20)16-9-11-24-21-17(16)8-6-10-23-21;1-2/h3-4,6,8-10,12-14H,2,5,7,11,22H2,1H3,(H,23,24);2H2,1H3/b4-3-,18-13+;. The van der Waals surface area contributed by atoms with E-state index in [2.05, 4.69) is 44.7 Å². The van der Waals surface area contributed by atoms with Crippen molar-refractivity contribution >= 4 is 17.0 Å². The minimum absolute atomic E-state index is 0.717. The number of nitrogens with zero attached hydrogens (tertiary/aromatic N) is 3. The van der Waals surface area contributed by atoms with E-state index in [1.165, 1.54) is 7.05 Å². The Kier molecular flexibility index (Phi) is 8.11. The van der Waals surface area contributed by atoms with E-state index in [0.29, 0.717) is 6.54 Å². The van der Waals surface area contributed by atoms with E-state index in [1.54, 1.807) is 18.7 Å². The Labute approximate surface area is 166 Å². The van der Waals surface area contributed by atoms with Crippen molar-refractivity contribution in [3.8, 4) is 0 Å².